The Hall–Kier alpha value is -1.95. The average Bonchev–Trinajstić information content (AvgIpc) is 3.34. The van der Waals surface area contributed by atoms with Gasteiger partial charge in [0.1, 0.15) is 5.00 Å². The van der Waals surface area contributed by atoms with E-state index in [4.69, 9.17) is 4.74 Å². The Morgan fingerprint density at radius 3 is 2.81 bits per heavy atom. The molecule has 192 valence electrons. The van der Waals surface area contributed by atoms with Crippen molar-refractivity contribution in [1.29, 1.82) is 0 Å². The Balaban J connectivity index is 1.41. The molecule has 0 saturated carbocycles. The molecule has 0 bridgehead atoms. The lowest BCUT2D eigenvalue weighted by Crippen LogP contribution is -2.19. The molecule has 0 fully saturated rings. The maximum Gasteiger partial charge on any atom is 0.341 e. The fraction of sp³-hybridized carbons (Fsp3) is 0.440. The molecule has 0 aliphatic heterocycles. The van der Waals surface area contributed by atoms with Gasteiger partial charge in [0.05, 0.1) is 33.9 Å². The molecule has 0 saturated heterocycles. The third-order valence-electron chi connectivity index (χ3n) is 5.88. The molecule has 1 aliphatic carbocycles. The molecule has 1 aliphatic rings. The van der Waals surface area contributed by atoms with Crippen LogP contribution in [0.3, 0.4) is 0 Å². The highest BCUT2D eigenvalue weighted by Gasteiger charge is 2.29. The summed E-state index contributed by atoms with van der Waals surface area (Å²) in [4.78, 5) is 44.0. The first kappa shape index (κ1) is 27.1. The number of hydrogen-bond acceptors (Lipinski definition) is 7. The highest BCUT2D eigenvalue weighted by Crippen LogP contribution is 2.40. The zero-order valence-corrected chi connectivity index (χ0v) is 24.4. The third kappa shape index (κ3) is 6.12. The van der Waals surface area contributed by atoms with Gasteiger partial charge < -0.3 is 14.6 Å². The van der Waals surface area contributed by atoms with Gasteiger partial charge in [0.25, 0.3) is 5.91 Å². The minimum Gasteiger partial charge on any atom is -0.462 e. The number of carbonyl (C=O) groups excluding carboxylic acids is 3. The van der Waals surface area contributed by atoms with Crippen molar-refractivity contribution >= 4 is 83.4 Å². The molecule has 1 atom stereocenters. The lowest BCUT2D eigenvalue weighted by atomic mass is 9.88. The Morgan fingerprint density at radius 2 is 2.06 bits per heavy atom. The minimum absolute atomic E-state index is 0.0929. The normalized spacial score (nSPS) is 15.7. The molecule has 2 aromatic heterocycles. The molecule has 0 radical (unpaired) electrons. The monoisotopic (exact) mass is 609 g/mol. The Bertz CT molecular complexity index is 1370. The number of esters is 1. The van der Waals surface area contributed by atoms with E-state index in [1.165, 1.54) is 34.4 Å². The van der Waals surface area contributed by atoms with Crippen molar-refractivity contribution < 1.29 is 19.1 Å². The first-order valence-electron chi connectivity index (χ1n) is 11.9. The number of hydrogen-bond donors (Lipinski definition) is 1. The molecule has 1 unspecified atom stereocenters. The molecular formula is C25H28BrN3O4S3. The molecule has 11 heteroatoms. The summed E-state index contributed by atoms with van der Waals surface area (Å²) < 4.78 is 9.31. The SMILES string of the molecule is CCOC(=O)c1c(NC(=O)CSCC(=O)N=c2sc3cc(Br)ccc3n2CC)sc2c1CCC(C)C2. The Labute approximate surface area is 230 Å². The molecule has 3 aromatic rings. The predicted octanol–water partition coefficient (Wildman–Crippen LogP) is 5.65. The molecule has 7 nitrogen and oxygen atoms in total. The van der Waals surface area contributed by atoms with Crippen LogP contribution in [0.15, 0.2) is 27.7 Å². The standard InChI is InChI=1S/C25H28BrN3O4S3/c1-4-29-17-9-7-15(26)11-19(17)36-25(29)28-21(31)13-34-12-20(30)27-23-22(24(32)33-5-2)16-8-6-14(3)10-18(16)35-23/h7,9,11,14H,4-6,8,10,12-13H2,1-3H3,(H,27,30). The molecule has 2 heterocycles. The highest BCUT2D eigenvalue weighted by molar-refractivity contribution is 9.10. The van der Waals surface area contributed by atoms with Crippen LogP contribution in [-0.2, 0) is 33.7 Å². The topological polar surface area (TPSA) is 89.8 Å². The number of rotatable bonds is 8. The van der Waals surface area contributed by atoms with Gasteiger partial charge in [0.15, 0.2) is 4.80 Å². The van der Waals surface area contributed by atoms with Crippen molar-refractivity contribution in [2.45, 2.75) is 46.6 Å². The van der Waals surface area contributed by atoms with Crippen LogP contribution in [-0.4, -0.2) is 40.5 Å². The largest absolute Gasteiger partial charge is 0.462 e. The second-order valence-electron chi connectivity index (χ2n) is 8.56. The van der Waals surface area contributed by atoms with Gasteiger partial charge in [-0.1, -0.05) is 34.2 Å². The third-order valence-corrected chi connectivity index (χ3v) is 9.51. The first-order valence-corrected chi connectivity index (χ1v) is 15.4. The number of halogens is 1. The molecule has 2 amide bonds. The van der Waals surface area contributed by atoms with E-state index < -0.39 is 0 Å². The quantitative estimate of drug-likeness (QED) is 0.333. The van der Waals surface area contributed by atoms with Crippen LogP contribution >= 0.6 is 50.4 Å². The predicted molar refractivity (Wildman–Crippen MR) is 151 cm³/mol. The van der Waals surface area contributed by atoms with E-state index in [-0.39, 0.29) is 35.9 Å². The van der Waals surface area contributed by atoms with Gasteiger partial charge in [-0.2, -0.15) is 4.99 Å². The molecule has 1 N–H and O–H groups in total. The Morgan fingerprint density at radius 1 is 1.25 bits per heavy atom. The van der Waals surface area contributed by atoms with Crippen LogP contribution in [0, 0.1) is 5.92 Å². The van der Waals surface area contributed by atoms with Crippen LogP contribution in [0.4, 0.5) is 5.00 Å². The number of ether oxygens (including phenoxy) is 1. The van der Waals surface area contributed by atoms with Crippen LogP contribution in [0.1, 0.15) is 48.0 Å². The number of thiazole rings is 1. The number of aromatic nitrogens is 1. The summed E-state index contributed by atoms with van der Waals surface area (Å²) in [6.07, 6.45) is 2.73. The Kier molecular flexibility index (Phi) is 9.08. The van der Waals surface area contributed by atoms with Crippen molar-refractivity contribution in [1.82, 2.24) is 4.57 Å². The van der Waals surface area contributed by atoms with Crippen molar-refractivity contribution in [3.63, 3.8) is 0 Å². The molecular weight excluding hydrogens is 582 g/mol. The molecule has 36 heavy (non-hydrogen) atoms. The number of benzene rings is 1. The number of aryl methyl sites for hydroxylation is 1. The number of amides is 2. The van der Waals surface area contributed by atoms with Crippen LogP contribution in [0.25, 0.3) is 10.2 Å². The van der Waals surface area contributed by atoms with Crippen LogP contribution in [0.5, 0.6) is 0 Å². The maximum absolute atomic E-state index is 12.7. The van der Waals surface area contributed by atoms with Gasteiger partial charge in [-0.25, -0.2) is 4.79 Å². The number of fused-ring (bicyclic) bond motifs is 2. The summed E-state index contributed by atoms with van der Waals surface area (Å²) >= 11 is 7.63. The van der Waals surface area contributed by atoms with Gasteiger partial charge in [-0.15, -0.1) is 23.1 Å². The number of nitrogens with one attached hydrogen (secondary N) is 1. The fourth-order valence-electron chi connectivity index (χ4n) is 4.23. The van der Waals surface area contributed by atoms with Gasteiger partial charge >= 0.3 is 5.97 Å². The summed E-state index contributed by atoms with van der Waals surface area (Å²) in [5.74, 6) is -0.183. The van der Waals surface area contributed by atoms with E-state index >= 15 is 0 Å². The average molecular weight is 611 g/mol. The number of thioether (sulfide) groups is 1. The van der Waals surface area contributed by atoms with Gasteiger partial charge in [-0.05, 0) is 62.8 Å². The van der Waals surface area contributed by atoms with E-state index in [0.29, 0.717) is 27.8 Å². The molecule has 0 spiro atoms. The van der Waals surface area contributed by atoms with E-state index in [1.807, 2.05) is 29.7 Å². The molecule has 1 aromatic carbocycles. The van der Waals surface area contributed by atoms with Crippen LogP contribution in [0.2, 0.25) is 0 Å². The minimum atomic E-state index is -0.388. The zero-order valence-electron chi connectivity index (χ0n) is 20.4. The zero-order chi connectivity index (χ0) is 25.8. The van der Waals surface area contributed by atoms with E-state index in [1.54, 1.807) is 6.92 Å². The van der Waals surface area contributed by atoms with Crippen molar-refractivity contribution in [2.75, 3.05) is 23.4 Å². The van der Waals surface area contributed by atoms with E-state index in [9.17, 15) is 14.4 Å². The molecule has 4 rings (SSSR count). The summed E-state index contributed by atoms with van der Waals surface area (Å²) in [7, 11) is 0. The smallest absolute Gasteiger partial charge is 0.341 e. The number of carbonyl (C=O) groups is 3. The van der Waals surface area contributed by atoms with Crippen molar-refractivity contribution in [3.8, 4) is 0 Å². The highest BCUT2D eigenvalue weighted by atomic mass is 79.9. The first-order chi connectivity index (χ1) is 17.3. The van der Waals surface area contributed by atoms with Crippen molar-refractivity contribution in [3.05, 3.63) is 43.5 Å². The lowest BCUT2D eigenvalue weighted by molar-refractivity contribution is -0.115. The summed E-state index contributed by atoms with van der Waals surface area (Å²) in [6, 6.07) is 6.00. The second-order valence-corrected chi connectivity index (χ2v) is 12.6. The number of anilines is 1. The summed E-state index contributed by atoms with van der Waals surface area (Å²) in [5, 5.41) is 3.45. The lowest BCUT2D eigenvalue weighted by Gasteiger charge is -2.18. The van der Waals surface area contributed by atoms with Gasteiger partial charge in [0, 0.05) is 15.9 Å². The second kappa shape index (κ2) is 12.1. The number of nitrogens with zero attached hydrogens (tertiary/aromatic N) is 2. The van der Waals surface area contributed by atoms with E-state index in [0.717, 1.165) is 44.4 Å². The summed E-state index contributed by atoms with van der Waals surface area (Å²) in [5.41, 5.74) is 2.54. The van der Waals surface area contributed by atoms with Gasteiger partial charge in [-0.3, -0.25) is 9.59 Å². The summed E-state index contributed by atoms with van der Waals surface area (Å²) in [6.45, 7) is 6.97. The fourth-order valence-corrected chi connectivity index (χ4v) is 7.91. The van der Waals surface area contributed by atoms with Gasteiger partial charge in [0.2, 0.25) is 5.91 Å². The maximum atomic E-state index is 12.7. The van der Waals surface area contributed by atoms with Crippen LogP contribution < -0.4 is 10.1 Å². The number of thiophene rings is 1. The van der Waals surface area contributed by atoms with Crippen molar-refractivity contribution in [2.24, 2.45) is 10.9 Å². The van der Waals surface area contributed by atoms with E-state index in [2.05, 4.69) is 33.2 Å².